The molecule has 1 amide bonds. The zero-order valence-electron chi connectivity index (χ0n) is 10.2. The smallest absolute Gasteiger partial charge is 0.225 e. The van der Waals surface area contributed by atoms with E-state index in [2.05, 4.69) is 11.9 Å². The lowest BCUT2D eigenvalue weighted by Crippen LogP contribution is -2.56. The second kappa shape index (κ2) is 5.47. The molecule has 88 valence electrons. The van der Waals surface area contributed by atoms with Crippen molar-refractivity contribution in [2.24, 2.45) is 5.92 Å². The van der Waals surface area contributed by atoms with Gasteiger partial charge in [0.1, 0.15) is 0 Å². The van der Waals surface area contributed by atoms with Gasteiger partial charge in [-0.25, -0.2) is 0 Å². The van der Waals surface area contributed by atoms with Crippen molar-refractivity contribution in [1.29, 1.82) is 0 Å². The number of piperazine rings is 1. The number of hydrogen-bond acceptors (Lipinski definition) is 3. The highest BCUT2D eigenvalue weighted by Crippen LogP contribution is 2.12. The van der Waals surface area contributed by atoms with Crippen molar-refractivity contribution < 1.29 is 9.53 Å². The van der Waals surface area contributed by atoms with Crippen LogP contribution in [0.3, 0.4) is 0 Å². The highest BCUT2D eigenvalue weighted by atomic mass is 16.5. The summed E-state index contributed by atoms with van der Waals surface area (Å²) in [5.41, 5.74) is 0. The summed E-state index contributed by atoms with van der Waals surface area (Å²) in [6.07, 6.45) is 0. The maximum atomic E-state index is 11.9. The van der Waals surface area contributed by atoms with Gasteiger partial charge in [-0.1, -0.05) is 13.8 Å². The Kier molecular flexibility index (Phi) is 4.54. The van der Waals surface area contributed by atoms with Gasteiger partial charge >= 0.3 is 0 Å². The van der Waals surface area contributed by atoms with Gasteiger partial charge in [0.05, 0.1) is 12.6 Å². The van der Waals surface area contributed by atoms with Gasteiger partial charge < -0.3 is 14.5 Å². The van der Waals surface area contributed by atoms with Gasteiger partial charge in [-0.3, -0.25) is 4.79 Å². The standard InChI is InChI=1S/C11H22N2O2/c1-9(2)11(14)13-6-5-12(3)7-10(13)8-15-4/h9-10H,5-8H2,1-4H3. The Labute approximate surface area is 92.2 Å². The molecule has 0 aromatic heterocycles. The van der Waals surface area contributed by atoms with E-state index in [4.69, 9.17) is 4.74 Å². The van der Waals surface area contributed by atoms with Crippen molar-refractivity contribution in [3.05, 3.63) is 0 Å². The van der Waals surface area contributed by atoms with Crippen molar-refractivity contribution in [3.8, 4) is 0 Å². The Hall–Kier alpha value is -0.610. The number of rotatable bonds is 3. The van der Waals surface area contributed by atoms with E-state index < -0.39 is 0 Å². The van der Waals surface area contributed by atoms with Gasteiger partial charge in [0.15, 0.2) is 0 Å². The van der Waals surface area contributed by atoms with Crippen molar-refractivity contribution >= 4 is 5.91 Å². The Morgan fingerprint density at radius 1 is 1.47 bits per heavy atom. The van der Waals surface area contributed by atoms with Crippen LogP contribution in [0.25, 0.3) is 0 Å². The van der Waals surface area contributed by atoms with Gasteiger partial charge in [0.25, 0.3) is 0 Å². The van der Waals surface area contributed by atoms with E-state index in [0.717, 1.165) is 19.6 Å². The number of methoxy groups -OCH3 is 1. The first-order chi connectivity index (χ1) is 7.06. The number of carbonyl (C=O) groups excluding carboxylic acids is 1. The first-order valence-corrected chi connectivity index (χ1v) is 5.54. The van der Waals surface area contributed by atoms with Crippen molar-refractivity contribution in [2.45, 2.75) is 19.9 Å². The molecule has 1 aliphatic heterocycles. The fourth-order valence-corrected chi connectivity index (χ4v) is 1.97. The fourth-order valence-electron chi connectivity index (χ4n) is 1.97. The third-order valence-corrected chi connectivity index (χ3v) is 2.82. The molecule has 0 N–H and O–H groups in total. The fraction of sp³-hybridized carbons (Fsp3) is 0.909. The predicted molar refractivity (Wildman–Crippen MR) is 59.7 cm³/mol. The van der Waals surface area contributed by atoms with Gasteiger partial charge in [-0.2, -0.15) is 0 Å². The predicted octanol–water partition coefficient (Wildman–Crippen LogP) is 0.431. The van der Waals surface area contributed by atoms with Crippen LogP contribution in [0.1, 0.15) is 13.8 Å². The normalized spacial score (nSPS) is 23.5. The van der Waals surface area contributed by atoms with E-state index >= 15 is 0 Å². The van der Waals surface area contributed by atoms with Crippen molar-refractivity contribution in [1.82, 2.24) is 9.80 Å². The molecule has 0 spiro atoms. The van der Waals surface area contributed by atoms with Crippen LogP contribution >= 0.6 is 0 Å². The number of amides is 1. The highest BCUT2D eigenvalue weighted by molar-refractivity contribution is 5.78. The van der Waals surface area contributed by atoms with Gasteiger partial charge in [0.2, 0.25) is 5.91 Å². The monoisotopic (exact) mass is 214 g/mol. The van der Waals surface area contributed by atoms with E-state index in [-0.39, 0.29) is 17.9 Å². The van der Waals surface area contributed by atoms with Crippen LogP contribution in [0.4, 0.5) is 0 Å². The zero-order chi connectivity index (χ0) is 11.4. The van der Waals surface area contributed by atoms with E-state index in [9.17, 15) is 4.79 Å². The third-order valence-electron chi connectivity index (χ3n) is 2.82. The Balaban J connectivity index is 2.63. The summed E-state index contributed by atoms with van der Waals surface area (Å²) >= 11 is 0. The molecule has 1 unspecified atom stereocenters. The van der Waals surface area contributed by atoms with Crippen molar-refractivity contribution in [2.75, 3.05) is 40.4 Å². The minimum Gasteiger partial charge on any atom is -0.382 e. The molecule has 1 rings (SSSR count). The average molecular weight is 214 g/mol. The summed E-state index contributed by atoms with van der Waals surface area (Å²) in [4.78, 5) is 16.2. The van der Waals surface area contributed by atoms with Crippen LogP contribution in [-0.2, 0) is 9.53 Å². The van der Waals surface area contributed by atoms with Crippen LogP contribution in [0, 0.1) is 5.92 Å². The molecular formula is C11H22N2O2. The van der Waals surface area contributed by atoms with E-state index in [1.54, 1.807) is 7.11 Å². The van der Waals surface area contributed by atoms with Crippen LogP contribution in [-0.4, -0.2) is 62.1 Å². The molecule has 4 nitrogen and oxygen atoms in total. The molecule has 0 aliphatic carbocycles. The lowest BCUT2D eigenvalue weighted by molar-refractivity contribution is -0.140. The number of carbonyl (C=O) groups is 1. The maximum Gasteiger partial charge on any atom is 0.225 e. The Morgan fingerprint density at radius 2 is 2.13 bits per heavy atom. The molecule has 0 radical (unpaired) electrons. The molecule has 1 fully saturated rings. The SMILES string of the molecule is COCC1CN(C)CCN1C(=O)C(C)C. The Bertz CT molecular complexity index is 219. The average Bonchev–Trinajstić information content (AvgIpc) is 2.17. The van der Waals surface area contributed by atoms with Crippen LogP contribution in [0.2, 0.25) is 0 Å². The molecule has 1 heterocycles. The molecule has 0 aromatic rings. The van der Waals surface area contributed by atoms with E-state index in [1.807, 2.05) is 18.7 Å². The van der Waals surface area contributed by atoms with E-state index in [0.29, 0.717) is 6.61 Å². The summed E-state index contributed by atoms with van der Waals surface area (Å²) in [7, 11) is 3.77. The highest BCUT2D eigenvalue weighted by Gasteiger charge is 2.29. The van der Waals surface area contributed by atoms with Gasteiger partial charge in [-0.15, -0.1) is 0 Å². The number of hydrogen-bond donors (Lipinski definition) is 0. The van der Waals surface area contributed by atoms with Gasteiger partial charge in [0, 0.05) is 32.7 Å². The quantitative estimate of drug-likeness (QED) is 0.683. The molecule has 1 atom stereocenters. The second-order valence-electron chi connectivity index (χ2n) is 4.56. The first-order valence-electron chi connectivity index (χ1n) is 5.54. The molecule has 1 aliphatic rings. The third kappa shape index (κ3) is 3.18. The van der Waals surface area contributed by atoms with Crippen LogP contribution in [0.15, 0.2) is 0 Å². The molecule has 4 heteroatoms. The topological polar surface area (TPSA) is 32.8 Å². The van der Waals surface area contributed by atoms with Crippen LogP contribution in [0.5, 0.6) is 0 Å². The summed E-state index contributed by atoms with van der Waals surface area (Å²) < 4.78 is 5.17. The number of ether oxygens (including phenoxy) is 1. The molecule has 0 aromatic carbocycles. The molecule has 15 heavy (non-hydrogen) atoms. The zero-order valence-corrected chi connectivity index (χ0v) is 10.2. The molecular weight excluding hydrogens is 192 g/mol. The summed E-state index contributed by atoms with van der Waals surface area (Å²) in [6, 6.07) is 0.212. The summed E-state index contributed by atoms with van der Waals surface area (Å²) in [5, 5.41) is 0. The first kappa shape index (κ1) is 12.5. The molecule has 0 saturated carbocycles. The van der Waals surface area contributed by atoms with Crippen LogP contribution < -0.4 is 0 Å². The Morgan fingerprint density at radius 3 is 2.67 bits per heavy atom. The number of nitrogens with zero attached hydrogens (tertiary/aromatic N) is 2. The van der Waals surface area contributed by atoms with E-state index in [1.165, 1.54) is 0 Å². The minimum atomic E-state index is 0.0766. The van der Waals surface area contributed by atoms with Gasteiger partial charge in [-0.05, 0) is 7.05 Å². The van der Waals surface area contributed by atoms with Crippen molar-refractivity contribution in [3.63, 3.8) is 0 Å². The number of likely N-dealkylation sites (N-methyl/N-ethyl adjacent to an activating group) is 1. The molecule has 0 bridgehead atoms. The largest absolute Gasteiger partial charge is 0.382 e. The summed E-state index contributed by atoms with van der Waals surface area (Å²) in [6.45, 7) is 7.21. The maximum absolute atomic E-state index is 11.9. The minimum absolute atomic E-state index is 0.0766. The second-order valence-corrected chi connectivity index (χ2v) is 4.56. The lowest BCUT2D eigenvalue weighted by atomic mass is 10.1. The summed E-state index contributed by atoms with van der Waals surface area (Å²) in [5.74, 6) is 0.318. The molecule has 1 saturated heterocycles. The lowest BCUT2D eigenvalue weighted by Gasteiger charge is -2.40.